The zero-order valence-corrected chi connectivity index (χ0v) is 16.1. The molecule has 0 spiro atoms. The number of morpholine rings is 1. The van der Waals surface area contributed by atoms with Crippen LogP contribution in [0, 0.1) is 5.92 Å². The Morgan fingerprint density at radius 3 is 2.31 bits per heavy atom. The Labute approximate surface area is 157 Å². The smallest absolute Gasteiger partial charge is 0.225 e. The molecule has 1 aromatic rings. The molecule has 3 aliphatic heterocycles. The van der Waals surface area contributed by atoms with Gasteiger partial charge >= 0.3 is 0 Å². The molecule has 6 nitrogen and oxygen atoms in total. The van der Waals surface area contributed by atoms with Crippen molar-refractivity contribution in [3.05, 3.63) is 18.0 Å². The predicted octanol–water partition coefficient (Wildman–Crippen LogP) is 2.01. The van der Waals surface area contributed by atoms with Crippen LogP contribution < -0.4 is 4.90 Å². The van der Waals surface area contributed by atoms with E-state index in [0.29, 0.717) is 6.04 Å². The first-order valence-corrected chi connectivity index (χ1v) is 10.4. The highest BCUT2D eigenvalue weighted by atomic mass is 16.5. The number of piperidine rings is 1. The molecule has 4 heterocycles. The van der Waals surface area contributed by atoms with E-state index >= 15 is 0 Å². The fourth-order valence-electron chi connectivity index (χ4n) is 4.64. The minimum Gasteiger partial charge on any atom is -0.379 e. The van der Waals surface area contributed by atoms with Gasteiger partial charge in [-0.1, -0.05) is 0 Å². The summed E-state index contributed by atoms with van der Waals surface area (Å²) in [6.07, 6.45) is 9.19. The first kappa shape index (κ1) is 18.1. The molecule has 6 heteroatoms. The van der Waals surface area contributed by atoms with Crippen molar-refractivity contribution < 1.29 is 4.74 Å². The molecule has 0 aromatic carbocycles. The lowest BCUT2D eigenvalue weighted by Crippen LogP contribution is -2.48. The molecule has 4 rings (SSSR count). The summed E-state index contributed by atoms with van der Waals surface area (Å²) in [4.78, 5) is 16.7. The zero-order chi connectivity index (χ0) is 17.8. The van der Waals surface area contributed by atoms with E-state index in [1.165, 1.54) is 44.3 Å². The summed E-state index contributed by atoms with van der Waals surface area (Å²) in [6, 6.07) is 0.684. The van der Waals surface area contributed by atoms with E-state index in [-0.39, 0.29) is 0 Å². The van der Waals surface area contributed by atoms with Crippen LogP contribution in [0.3, 0.4) is 0 Å². The van der Waals surface area contributed by atoms with Gasteiger partial charge in [-0.25, -0.2) is 9.97 Å². The van der Waals surface area contributed by atoms with Gasteiger partial charge in [0, 0.05) is 56.7 Å². The van der Waals surface area contributed by atoms with E-state index in [1.54, 1.807) is 0 Å². The second-order valence-electron chi connectivity index (χ2n) is 8.09. The molecule has 0 unspecified atom stereocenters. The molecule has 1 aromatic heterocycles. The average Bonchev–Trinajstić information content (AvgIpc) is 3.24. The van der Waals surface area contributed by atoms with Crippen molar-refractivity contribution in [2.45, 2.75) is 45.2 Å². The number of aromatic nitrogens is 2. The maximum Gasteiger partial charge on any atom is 0.225 e. The Morgan fingerprint density at radius 2 is 1.65 bits per heavy atom. The van der Waals surface area contributed by atoms with Crippen molar-refractivity contribution in [3.63, 3.8) is 0 Å². The molecule has 0 aliphatic carbocycles. The molecular weight excluding hydrogens is 326 g/mol. The van der Waals surface area contributed by atoms with E-state index in [4.69, 9.17) is 4.74 Å². The van der Waals surface area contributed by atoms with Crippen LogP contribution in [-0.2, 0) is 11.3 Å². The molecular formula is C20H33N5O. The van der Waals surface area contributed by atoms with Gasteiger partial charge in [0.15, 0.2) is 0 Å². The van der Waals surface area contributed by atoms with E-state index < -0.39 is 0 Å². The number of hydrogen-bond acceptors (Lipinski definition) is 6. The van der Waals surface area contributed by atoms with Crippen molar-refractivity contribution in [2.24, 2.45) is 5.92 Å². The fraction of sp³-hybridized carbons (Fsp3) is 0.800. The number of rotatable bonds is 5. The highest BCUT2D eigenvalue weighted by Crippen LogP contribution is 2.25. The third-order valence-corrected chi connectivity index (χ3v) is 6.42. The molecule has 144 valence electrons. The van der Waals surface area contributed by atoms with E-state index in [0.717, 1.165) is 57.8 Å². The second-order valence-corrected chi connectivity index (χ2v) is 8.09. The van der Waals surface area contributed by atoms with Crippen LogP contribution in [0.2, 0.25) is 0 Å². The summed E-state index contributed by atoms with van der Waals surface area (Å²) in [6.45, 7) is 12.0. The second kappa shape index (κ2) is 8.63. The highest BCUT2D eigenvalue weighted by molar-refractivity contribution is 5.30. The molecule has 3 aliphatic rings. The summed E-state index contributed by atoms with van der Waals surface area (Å²) < 4.78 is 5.50. The molecule has 0 saturated carbocycles. The van der Waals surface area contributed by atoms with Gasteiger partial charge in [0.1, 0.15) is 0 Å². The third-order valence-electron chi connectivity index (χ3n) is 6.42. The molecule has 0 amide bonds. The molecule has 0 N–H and O–H groups in total. The Bertz CT molecular complexity index is 546. The molecule has 0 radical (unpaired) electrons. The van der Waals surface area contributed by atoms with Gasteiger partial charge in [0.2, 0.25) is 5.95 Å². The Balaban J connectivity index is 1.24. The van der Waals surface area contributed by atoms with Gasteiger partial charge < -0.3 is 9.64 Å². The van der Waals surface area contributed by atoms with Crippen LogP contribution in [-0.4, -0.2) is 78.3 Å². The van der Waals surface area contributed by atoms with Crippen molar-refractivity contribution >= 4 is 5.95 Å². The SMILES string of the molecule is C[C@H](C1CCN(Cc2cnc(N3CCCC3)nc2)CC1)N1CCOCC1. The minimum atomic E-state index is 0.684. The van der Waals surface area contributed by atoms with Gasteiger partial charge in [0.05, 0.1) is 13.2 Å². The molecule has 3 fully saturated rings. The number of likely N-dealkylation sites (tertiary alicyclic amines) is 1. The van der Waals surface area contributed by atoms with E-state index in [2.05, 4.69) is 31.6 Å². The maximum absolute atomic E-state index is 5.50. The van der Waals surface area contributed by atoms with Crippen LogP contribution in [0.15, 0.2) is 12.4 Å². The zero-order valence-electron chi connectivity index (χ0n) is 16.1. The fourth-order valence-corrected chi connectivity index (χ4v) is 4.64. The topological polar surface area (TPSA) is 44.7 Å². The average molecular weight is 360 g/mol. The quantitative estimate of drug-likeness (QED) is 0.801. The molecule has 3 saturated heterocycles. The lowest BCUT2D eigenvalue weighted by Gasteiger charge is -2.41. The predicted molar refractivity (Wildman–Crippen MR) is 103 cm³/mol. The summed E-state index contributed by atoms with van der Waals surface area (Å²) >= 11 is 0. The standard InChI is InChI=1S/C20H33N5O/c1-17(24-10-12-26-13-11-24)19-4-8-23(9-5-19)16-18-14-21-20(22-15-18)25-6-2-3-7-25/h14-15,17,19H,2-13,16H2,1H3/t17-/m1/s1. The van der Waals surface area contributed by atoms with E-state index in [1.807, 2.05) is 12.4 Å². The summed E-state index contributed by atoms with van der Waals surface area (Å²) in [5.74, 6) is 1.72. The van der Waals surface area contributed by atoms with Crippen molar-refractivity contribution in [3.8, 4) is 0 Å². The normalized spacial score (nSPS) is 24.9. The van der Waals surface area contributed by atoms with Crippen molar-refractivity contribution in [1.29, 1.82) is 0 Å². The first-order chi connectivity index (χ1) is 12.8. The van der Waals surface area contributed by atoms with Crippen LogP contribution in [0.4, 0.5) is 5.95 Å². The summed E-state index contributed by atoms with van der Waals surface area (Å²) in [5, 5.41) is 0. The van der Waals surface area contributed by atoms with Gasteiger partial charge in [-0.2, -0.15) is 0 Å². The summed E-state index contributed by atoms with van der Waals surface area (Å²) in [7, 11) is 0. The van der Waals surface area contributed by atoms with Crippen LogP contribution in [0.25, 0.3) is 0 Å². The Kier molecular flexibility index (Phi) is 6.02. The number of anilines is 1. The first-order valence-electron chi connectivity index (χ1n) is 10.4. The van der Waals surface area contributed by atoms with Crippen molar-refractivity contribution in [1.82, 2.24) is 19.8 Å². The number of ether oxygens (including phenoxy) is 1. The van der Waals surface area contributed by atoms with Gasteiger partial charge in [0.25, 0.3) is 0 Å². The van der Waals surface area contributed by atoms with Gasteiger partial charge in [-0.05, 0) is 51.6 Å². The largest absolute Gasteiger partial charge is 0.379 e. The Morgan fingerprint density at radius 1 is 1.00 bits per heavy atom. The monoisotopic (exact) mass is 359 g/mol. The minimum absolute atomic E-state index is 0.684. The van der Waals surface area contributed by atoms with Gasteiger partial charge in [-0.15, -0.1) is 0 Å². The lowest BCUT2D eigenvalue weighted by molar-refractivity contribution is -0.00193. The molecule has 26 heavy (non-hydrogen) atoms. The van der Waals surface area contributed by atoms with Crippen LogP contribution >= 0.6 is 0 Å². The molecule has 1 atom stereocenters. The summed E-state index contributed by atoms with van der Waals surface area (Å²) in [5.41, 5.74) is 1.24. The van der Waals surface area contributed by atoms with Gasteiger partial charge in [-0.3, -0.25) is 9.80 Å². The molecule has 0 bridgehead atoms. The third kappa shape index (κ3) is 4.35. The lowest BCUT2D eigenvalue weighted by atomic mass is 9.89. The number of hydrogen-bond donors (Lipinski definition) is 0. The van der Waals surface area contributed by atoms with Crippen molar-refractivity contribution in [2.75, 3.05) is 57.4 Å². The van der Waals surface area contributed by atoms with Crippen LogP contribution in [0.5, 0.6) is 0 Å². The Hall–Kier alpha value is -1.24. The van der Waals surface area contributed by atoms with Crippen LogP contribution in [0.1, 0.15) is 38.2 Å². The highest BCUT2D eigenvalue weighted by Gasteiger charge is 2.28. The number of nitrogens with zero attached hydrogens (tertiary/aromatic N) is 5. The van der Waals surface area contributed by atoms with E-state index in [9.17, 15) is 0 Å². The maximum atomic E-state index is 5.50.